The molecule has 2 aromatic rings. The highest BCUT2D eigenvalue weighted by Gasteiger charge is 2.17. The Morgan fingerprint density at radius 3 is 2.70 bits per heavy atom. The van der Waals surface area contributed by atoms with Crippen LogP contribution in [-0.4, -0.2) is 14.5 Å². The average Bonchev–Trinajstić information content (AvgIpc) is 2.71. The van der Waals surface area contributed by atoms with Gasteiger partial charge in [0.1, 0.15) is 17.8 Å². The summed E-state index contributed by atoms with van der Waals surface area (Å²) in [6, 6.07) is 0. The number of hydrogen-bond donors (Lipinski definition) is 1. The van der Waals surface area contributed by atoms with Crippen LogP contribution in [0.15, 0.2) is 6.33 Å². The number of aryl methyl sites for hydroxylation is 2. The van der Waals surface area contributed by atoms with Gasteiger partial charge in [0.05, 0.1) is 5.39 Å². The van der Waals surface area contributed by atoms with Gasteiger partial charge in [0.2, 0.25) is 0 Å². The van der Waals surface area contributed by atoms with E-state index in [9.17, 15) is 0 Å². The van der Waals surface area contributed by atoms with E-state index in [0.717, 1.165) is 23.5 Å². The molecule has 2 N–H and O–H groups in total. The van der Waals surface area contributed by atoms with Crippen LogP contribution in [0.5, 0.6) is 0 Å². The van der Waals surface area contributed by atoms with Crippen LogP contribution < -0.4 is 5.73 Å². The molecule has 4 heteroatoms. The van der Waals surface area contributed by atoms with Crippen molar-refractivity contribution in [3.8, 4) is 0 Å². The first-order valence-corrected chi connectivity index (χ1v) is 7.74. The van der Waals surface area contributed by atoms with E-state index in [2.05, 4.69) is 28.4 Å². The minimum absolute atomic E-state index is 0.604. The van der Waals surface area contributed by atoms with Crippen LogP contribution in [0.1, 0.15) is 49.8 Å². The van der Waals surface area contributed by atoms with E-state index in [4.69, 9.17) is 5.73 Å². The molecule has 4 nitrogen and oxygen atoms in total. The normalized spacial score (nSPS) is 16.9. The molecular formula is C16H24N4. The second kappa shape index (κ2) is 5.43. The maximum absolute atomic E-state index is 6.01. The molecule has 1 aliphatic carbocycles. The molecule has 0 saturated heterocycles. The molecule has 0 radical (unpaired) electrons. The molecule has 2 aromatic heterocycles. The van der Waals surface area contributed by atoms with Crippen molar-refractivity contribution in [1.29, 1.82) is 0 Å². The summed E-state index contributed by atoms with van der Waals surface area (Å²) in [5.74, 6) is 1.49. The van der Waals surface area contributed by atoms with Crippen molar-refractivity contribution in [3.63, 3.8) is 0 Å². The van der Waals surface area contributed by atoms with Gasteiger partial charge in [-0.25, -0.2) is 9.97 Å². The van der Waals surface area contributed by atoms with Crippen LogP contribution in [0, 0.1) is 19.8 Å². The highest BCUT2D eigenvalue weighted by atomic mass is 15.1. The van der Waals surface area contributed by atoms with E-state index in [1.807, 2.05) is 0 Å². The predicted molar refractivity (Wildman–Crippen MR) is 82.6 cm³/mol. The van der Waals surface area contributed by atoms with Gasteiger partial charge in [0.25, 0.3) is 0 Å². The highest BCUT2D eigenvalue weighted by molar-refractivity contribution is 5.90. The average molecular weight is 272 g/mol. The second-order valence-electron chi connectivity index (χ2n) is 6.11. The smallest absolute Gasteiger partial charge is 0.145 e. The van der Waals surface area contributed by atoms with E-state index in [1.165, 1.54) is 49.8 Å². The van der Waals surface area contributed by atoms with Gasteiger partial charge < -0.3 is 10.3 Å². The van der Waals surface area contributed by atoms with Crippen molar-refractivity contribution >= 4 is 16.9 Å². The molecule has 0 spiro atoms. The van der Waals surface area contributed by atoms with Gasteiger partial charge in [0, 0.05) is 12.2 Å². The molecule has 1 fully saturated rings. The quantitative estimate of drug-likeness (QED) is 0.928. The summed E-state index contributed by atoms with van der Waals surface area (Å²) in [5, 5.41) is 1.04. The number of fused-ring (bicyclic) bond motifs is 1. The minimum Gasteiger partial charge on any atom is -0.383 e. The Morgan fingerprint density at radius 1 is 1.20 bits per heavy atom. The molecule has 2 heterocycles. The molecule has 0 bridgehead atoms. The first-order valence-electron chi connectivity index (χ1n) is 7.74. The molecule has 3 rings (SSSR count). The van der Waals surface area contributed by atoms with E-state index < -0.39 is 0 Å². The lowest BCUT2D eigenvalue weighted by Crippen LogP contribution is -2.11. The van der Waals surface area contributed by atoms with E-state index in [1.54, 1.807) is 6.33 Å². The molecule has 0 atom stereocenters. The Balaban J connectivity index is 1.87. The summed E-state index contributed by atoms with van der Waals surface area (Å²) in [4.78, 5) is 8.59. The number of hydrogen-bond acceptors (Lipinski definition) is 3. The summed E-state index contributed by atoms with van der Waals surface area (Å²) >= 11 is 0. The van der Waals surface area contributed by atoms with Gasteiger partial charge in [-0.1, -0.05) is 32.1 Å². The lowest BCUT2D eigenvalue weighted by atomic mass is 9.87. The van der Waals surface area contributed by atoms with Crippen LogP contribution in [0.4, 0.5) is 5.82 Å². The fraction of sp³-hybridized carbons (Fsp3) is 0.625. The Kier molecular flexibility index (Phi) is 3.64. The zero-order valence-corrected chi connectivity index (χ0v) is 12.5. The van der Waals surface area contributed by atoms with Gasteiger partial charge in [-0.3, -0.25) is 0 Å². The van der Waals surface area contributed by atoms with E-state index >= 15 is 0 Å². The summed E-state index contributed by atoms with van der Waals surface area (Å²) in [6.45, 7) is 5.34. The third kappa shape index (κ3) is 2.28. The Hall–Kier alpha value is -1.58. The van der Waals surface area contributed by atoms with Crippen molar-refractivity contribution < 1.29 is 0 Å². The zero-order valence-electron chi connectivity index (χ0n) is 12.5. The van der Waals surface area contributed by atoms with Crippen molar-refractivity contribution in [1.82, 2.24) is 14.5 Å². The van der Waals surface area contributed by atoms with Gasteiger partial charge in [-0.15, -0.1) is 0 Å². The summed E-state index contributed by atoms with van der Waals surface area (Å²) in [6.07, 6.45) is 9.86. The number of nitrogens with two attached hydrogens (primary N) is 1. The Labute approximate surface area is 120 Å². The van der Waals surface area contributed by atoms with E-state index in [-0.39, 0.29) is 0 Å². The molecule has 0 amide bonds. The Bertz CT molecular complexity index is 608. The fourth-order valence-electron chi connectivity index (χ4n) is 3.56. The lowest BCUT2D eigenvalue weighted by molar-refractivity contribution is 0.324. The fourth-order valence-corrected chi connectivity index (χ4v) is 3.56. The van der Waals surface area contributed by atoms with E-state index in [0.29, 0.717) is 5.82 Å². The molecule has 108 valence electrons. The minimum atomic E-state index is 0.604. The zero-order chi connectivity index (χ0) is 14.1. The maximum atomic E-state index is 6.01. The van der Waals surface area contributed by atoms with Crippen LogP contribution in [-0.2, 0) is 6.54 Å². The Morgan fingerprint density at radius 2 is 1.95 bits per heavy atom. The molecule has 1 saturated carbocycles. The predicted octanol–water partition coefficient (Wildman–Crippen LogP) is 3.60. The third-order valence-corrected chi connectivity index (χ3v) is 4.92. The summed E-state index contributed by atoms with van der Waals surface area (Å²) in [7, 11) is 0. The maximum Gasteiger partial charge on any atom is 0.145 e. The van der Waals surface area contributed by atoms with Crippen LogP contribution in [0.3, 0.4) is 0 Å². The standard InChI is InChI=1S/C16H24N4/c1-11-12(2)20(9-8-13-6-4-3-5-7-13)16-14(11)15(17)18-10-19-16/h10,13H,3-9H2,1-2H3,(H2,17,18,19). The highest BCUT2D eigenvalue weighted by Crippen LogP contribution is 2.30. The number of nitrogen functional groups attached to an aromatic ring is 1. The molecule has 0 aromatic carbocycles. The van der Waals surface area contributed by atoms with Crippen molar-refractivity contribution in [2.45, 2.75) is 58.9 Å². The van der Waals surface area contributed by atoms with Crippen molar-refractivity contribution in [2.24, 2.45) is 5.92 Å². The summed E-state index contributed by atoms with van der Waals surface area (Å²) in [5.41, 5.74) is 9.52. The van der Waals surface area contributed by atoms with Gasteiger partial charge >= 0.3 is 0 Å². The summed E-state index contributed by atoms with van der Waals surface area (Å²) < 4.78 is 2.33. The first kappa shape index (κ1) is 13.4. The van der Waals surface area contributed by atoms with Gasteiger partial charge in [-0.2, -0.15) is 0 Å². The second-order valence-corrected chi connectivity index (χ2v) is 6.11. The lowest BCUT2D eigenvalue weighted by Gasteiger charge is -2.22. The van der Waals surface area contributed by atoms with Crippen LogP contribution in [0.2, 0.25) is 0 Å². The molecule has 1 aliphatic rings. The third-order valence-electron chi connectivity index (χ3n) is 4.92. The van der Waals surface area contributed by atoms with Gasteiger partial charge in [-0.05, 0) is 31.7 Å². The molecule has 0 unspecified atom stereocenters. The monoisotopic (exact) mass is 272 g/mol. The SMILES string of the molecule is Cc1c(C)n(CCC2CCCCC2)c2ncnc(N)c12. The van der Waals surface area contributed by atoms with Crippen molar-refractivity contribution in [3.05, 3.63) is 17.6 Å². The van der Waals surface area contributed by atoms with Crippen LogP contribution >= 0.6 is 0 Å². The largest absolute Gasteiger partial charge is 0.383 e. The number of aromatic nitrogens is 3. The number of nitrogens with zero attached hydrogens (tertiary/aromatic N) is 3. The van der Waals surface area contributed by atoms with Crippen molar-refractivity contribution in [2.75, 3.05) is 5.73 Å². The topological polar surface area (TPSA) is 56.7 Å². The molecule has 0 aliphatic heterocycles. The van der Waals surface area contributed by atoms with Crippen LogP contribution in [0.25, 0.3) is 11.0 Å². The molecule has 20 heavy (non-hydrogen) atoms. The number of anilines is 1. The first-order chi connectivity index (χ1) is 9.68. The number of rotatable bonds is 3. The molecular weight excluding hydrogens is 248 g/mol. The van der Waals surface area contributed by atoms with Gasteiger partial charge in [0.15, 0.2) is 0 Å².